The predicted octanol–water partition coefficient (Wildman–Crippen LogP) is 2.46. The summed E-state index contributed by atoms with van der Waals surface area (Å²) in [5.41, 5.74) is 0.309. The second-order valence-corrected chi connectivity index (χ2v) is 4.11. The molecular formula is C12H9ClN2O3. The van der Waals surface area contributed by atoms with Gasteiger partial charge in [0.05, 0.1) is 17.7 Å². The van der Waals surface area contributed by atoms with Crippen molar-refractivity contribution in [2.45, 2.75) is 6.54 Å². The smallest absolute Gasteiger partial charge is 0.285 e. The van der Waals surface area contributed by atoms with Gasteiger partial charge in [0.1, 0.15) is 0 Å². The lowest BCUT2D eigenvalue weighted by molar-refractivity contribution is -0.385. The lowest BCUT2D eigenvalue weighted by Crippen LogP contribution is -2.19. The highest BCUT2D eigenvalue weighted by molar-refractivity contribution is 6.31. The number of pyridine rings is 1. The third-order valence-corrected chi connectivity index (χ3v) is 2.85. The van der Waals surface area contributed by atoms with E-state index in [0.717, 1.165) is 5.56 Å². The number of benzene rings is 1. The molecule has 0 atom stereocenters. The molecule has 0 aliphatic rings. The maximum absolute atomic E-state index is 11.6. The minimum Gasteiger partial charge on any atom is -0.304 e. The van der Waals surface area contributed by atoms with Crippen molar-refractivity contribution in [1.29, 1.82) is 0 Å². The van der Waals surface area contributed by atoms with Crippen LogP contribution in [0.3, 0.4) is 0 Å². The van der Waals surface area contributed by atoms with E-state index in [0.29, 0.717) is 5.02 Å². The highest BCUT2D eigenvalue weighted by Crippen LogP contribution is 2.16. The van der Waals surface area contributed by atoms with E-state index in [1.54, 1.807) is 24.3 Å². The summed E-state index contributed by atoms with van der Waals surface area (Å²) in [5.74, 6) is 0. The molecule has 2 rings (SSSR count). The molecule has 1 heterocycles. The van der Waals surface area contributed by atoms with Crippen LogP contribution in [0, 0.1) is 10.1 Å². The fourth-order valence-electron chi connectivity index (χ4n) is 1.56. The molecule has 0 N–H and O–H groups in total. The van der Waals surface area contributed by atoms with Crippen molar-refractivity contribution in [3.63, 3.8) is 0 Å². The molecule has 1 aromatic heterocycles. The summed E-state index contributed by atoms with van der Waals surface area (Å²) in [4.78, 5) is 21.7. The predicted molar refractivity (Wildman–Crippen MR) is 67.9 cm³/mol. The number of rotatable bonds is 3. The van der Waals surface area contributed by atoms with Crippen molar-refractivity contribution >= 4 is 17.3 Å². The summed E-state index contributed by atoms with van der Waals surface area (Å²) in [6.45, 7) is 0.209. The van der Waals surface area contributed by atoms with Crippen LogP contribution in [0.2, 0.25) is 5.02 Å². The SMILES string of the molecule is O=c1ccc([N+](=O)[O-])cn1Cc1ccccc1Cl. The number of aromatic nitrogens is 1. The minimum absolute atomic E-state index is 0.123. The molecule has 0 bridgehead atoms. The zero-order chi connectivity index (χ0) is 13.1. The van der Waals surface area contributed by atoms with Crippen LogP contribution in [-0.4, -0.2) is 9.49 Å². The Morgan fingerprint density at radius 2 is 1.94 bits per heavy atom. The minimum atomic E-state index is -0.539. The molecule has 2 aromatic rings. The first kappa shape index (κ1) is 12.3. The Morgan fingerprint density at radius 3 is 2.61 bits per heavy atom. The van der Waals surface area contributed by atoms with Gasteiger partial charge in [-0.2, -0.15) is 0 Å². The maximum atomic E-state index is 11.6. The van der Waals surface area contributed by atoms with Crippen molar-refractivity contribution < 1.29 is 4.92 Å². The number of hydrogen-bond donors (Lipinski definition) is 0. The number of halogens is 1. The van der Waals surface area contributed by atoms with Crippen LogP contribution in [0.5, 0.6) is 0 Å². The first-order chi connectivity index (χ1) is 8.58. The summed E-state index contributed by atoms with van der Waals surface area (Å²) < 4.78 is 1.26. The summed E-state index contributed by atoms with van der Waals surface area (Å²) in [6.07, 6.45) is 1.21. The van der Waals surface area contributed by atoms with E-state index >= 15 is 0 Å². The zero-order valence-electron chi connectivity index (χ0n) is 9.25. The Balaban J connectivity index is 2.40. The second kappa shape index (κ2) is 5.01. The van der Waals surface area contributed by atoms with E-state index < -0.39 is 4.92 Å². The van der Waals surface area contributed by atoms with Crippen molar-refractivity contribution in [3.05, 3.63) is 73.6 Å². The van der Waals surface area contributed by atoms with Crippen molar-refractivity contribution in [3.8, 4) is 0 Å². The molecule has 0 fully saturated rings. The van der Waals surface area contributed by atoms with Crippen LogP contribution in [-0.2, 0) is 6.54 Å². The molecule has 0 saturated heterocycles. The molecular weight excluding hydrogens is 256 g/mol. The van der Waals surface area contributed by atoms with Gasteiger partial charge in [-0.15, -0.1) is 0 Å². The van der Waals surface area contributed by atoms with Crippen molar-refractivity contribution in [2.24, 2.45) is 0 Å². The molecule has 5 nitrogen and oxygen atoms in total. The topological polar surface area (TPSA) is 65.1 Å². The molecule has 0 spiro atoms. The highest BCUT2D eigenvalue weighted by atomic mass is 35.5. The Hall–Kier alpha value is -2.14. The Kier molecular flexibility index (Phi) is 3.43. The first-order valence-corrected chi connectivity index (χ1v) is 5.54. The van der Waals surface area contributed by atoms with Crippen LogP contribution in [0.25, 0.3) is 0 Å². The molecule has 92 valence electrons. The third-order valence-electron chi connectivity index (χ3n) is 2.48. The number of nitrogens with zero attached hydrogens (tertiary/aromatic N) is 2. The van der Waals surface area contributed by atoms with E-state index in [1.807, 2.05) is 0 Å². The molecule has 1 aromatic carbocycles. The van der Waals surface area contributed by atoms with E-state index in [-0.39, 0.29) is 17.8 Å². The molecule has 18 heavy (non-hydrogen) atoms. The quantitative estimate of drug-likeness (QED) is 0.632. The van der Waals surface area contributed by atoms with Crippen molar-refractivity contribution in [2.75, 3.05) is 0 Å². The van der Waals surface area contributed by atoms with Gasteiger partial charge in [0, 0.05) is 17.2 Å². The Bertz CT molecular complexity index is 652. The fraction of sp³-hybridized carbons (Fsp3) is 0.0833. The highest BCUT2D eigenvalue weighted by Gasteiger charge is 2.09. The number of hydrogen-bond acceptors (Lipinski definition) is 3. The van der Waals surface area contributed by atoms with Gasteiger partial charge in [0.25, 0.3) is 11.2 Å². The summed E-state index contributed by atoms with van der Waals surface area (Å²) >= 11 is 5.98. The molecule has 0 amide bonds. The van der Waals surface area contributed by atoms with Gasteiger partial charge in [-0.3, -0.25) is 14.9 Å². The average Bonchev–Trinajstić information content (AvgIpc) is 2.34. The average molecular weight is 265 g/mol. The number of nitro groups is 1. The van der Waals surface area contributed by atoms with E-state index in [2.05, 4.69) is 0 Å². The molecule has 0 aliphatic heterocycles. The van der Waals surface area contributed by atoms with Gasteiger partial charge in [-0.05, 0) is 11.6 Å². The van der Waals surface area contributed by atoms with E-state index in [9.17, 15) is 14.9 Å². The van der Waals surface area contributed by atoms with Gasteiger partial charge < -0.3 is 4.57 Å². The Labute approximate surface area is 107 Å². The fourth-order valence-corrected chi connectivity index (χ4v) is 1.76. The van der Waals surface area contributed by atoms with Crippen LogP contribution >= 0.6 is 11.6 Å². The summed E-state index contributed by atoms with van der Waals surface area (Å²) in [7, 11) is 0. The zero-order valence-corrected chi connectivity index (χ0v) is 10.0. The standard InChI is InChI=1S/C12H9ClN2O3/c13-11-4-2-1-3-9(11)7-14-8-10(15(17)18)5-6-12(14)16/h1-6,8H,7H2. The molecule has 0 saturated carbocycles. The normalized spacial score (nSPS) is 10.3. The van der Waals surface area contributed by atoms with Crippen LogP contribution in [0.4, 0.5) is 5.69 Å². The molecule has 0 radical (unpaired) electrons. The van der Waals surface area contributed by atoms with Gasteiger partial charge in [0.2, 0.25) is 0 Å². The van der Waals surface area contributed by atoms with Gasteiger partial charge in [-0.25, -0.2) is 0 Å². The lowest BCUT2D eigenvalue weighted by atomic mass is 10.2. The van der Waals surface area contributed by atoms with Crippen LogP contribution < -0.4 is 5.56 Å². The lowest BCUT2D eigenvalue weighted by Gasteiger charge is -2.06. The van der Waals surface area contributed by atoms with Gasteiger partial charge in [-0.1, -0.05) is 29.8 Å². The first-order valence-electron chi connectivity index (χ1n) is 5.16. The molecule has 0 unspecified atom stereocenters. The van der Waals surface area contributed by atoms with Gasteiger partial charge >= 0.3 is 0 Å². The van der Waals surface area contributed by atoms with Crippen LogP contribution in [0.15, 0.2) is 47.4 Å². The van der Waals surface area contributed by atoms with Crippen molar-refractivity contribution in [1.82, 2.24) is 4.57 Å². The van der Waals surface area contributed by atoms with Gasteiger partial charge in [0.15, 0.2) is 0 Å². The Morgan fingerprint density at radius 1 is 1.22 bits per heavy atom. The third kappa shape index (κ3) is 2.57. The monoisotopic (exact) mass is 264 g/mol. The summed E-state index contributed by atoms with van der Waals surface area (Å²) in [6, 6.07) is 9.42. The van der Waals surface area contributed by atoms with E-state index in [1.165, 1.54) is 22.9 Å². The molecule has 0 aliphatic carbocycles. The maximum Gasteiger partial charge on any atom is 0.285 e. The summed E-state index contributed by atoms with van der Waals surface area (Å²) in [5, 5.41) is 11.2. The largest absolute Gasteiger partial charge is 0.304 e. The second-order valence-electron chi connectivity index (χ2n) is 3.70. The van der Waals surface area contributed by atoms with Crippen LogP contribution in [0.1, 0.15) is 5.56 Å². The van der Waals surface area contributed by atoms with E-state index in [4.69, 9.17) is 11.6 Å². The molecule has 6 heteroatoms.